The van der Waals surface area contributed by atoms with Crippen LogP contribution in [-0.4, -0.2) is 30.3 Å². The summed E-state index contributed by atoms with van der Waals surface area (Å²) in [6.45, 7) is 8.08. The van der Waals surface area contributed by atoms with Crippen LogP contribution in [0.4, 0.5) is 0 Å². The zero-order valence-corrected chi connectivity index (χ0v) is 14.3. The van der Waals surface area contributed by atoms with Gasteiger partial charge in [-0.2, -0.15) is 0 Å². The van der Waals surface area contributed by atoms with E-state index in [0.717, 1.165) is 31.2 Å². The fourth-order valence-corrected chi connectivity index (χ4v) is 4.46. The molecule has 1 aliphatic carbocycles. The lowest BCUT2D eigenvalue weighted by molar-refractivity contribution is -0.126. The van der Waals surface area contributed by atoms with E-state index in [1.54, 1.807) is 0 Å². The van der Waals surface area contributed by atoms with E-state index in [-0.39, 0.29) is 0 Å². The smallest absolute Gasteiger partial charge is 0.137 e. The number of hydrogen-bond acceptors (Lipinski definition) is 2. The molecule has 1 saturated carbocycles. The number of nitrogens with zero attached hydrogens (tertiary/aromatic N) is 1. The summed E-state index contributed by atoms with van der Waals surface area (Å²) in [6, 6.07) is 0. The first-order valence-electron chi connectivity index (χ1n) is 9.48. The minimum absolute atomic E-state index is 0.345. The second kappa shape index (κ2) is 8.92. The molecule has 2 rings (SSSR count). The minimum Gasteiger partial charge on any atom is -0.303 e. The summed E-state index contributed by atoms with van der Waals surface area (Å²) < 4.78 is 0. The van der Waals surface area contributed by atoms with Gasteiger partial charge in [-0.25, -0.2) is 0 Å². The van der Waals surface area contributed by atoms with Gasteiger partial charge < -0.3 is 4.90 Å². The second-order valence-electron chi connectivity index (χ2n) is 7.48. The zero-order chi connectivity index (χ0) is 15.1. The molecule has 0 radical (unpaired) electrons. The summed E-state index contributed by atoms with van der Waals surface area (Å²) in [4.78, 5) is 14.8. The molecule has 2 fully saturated rings. The van der Waals surface area contributed by atoms with Gasteiger partial charge in [0.15, 0.2) is 0 Å². The van der Waals surface area contributed by atoms with Gasteiger partial charge in [-0.1, -0.05) is 39.5 Å². The van der Waals surface area contributed by atoms with Gasteiger partial charge in [0, 0.05) is 18.9 Å². The van der Waals surface area contributed by atoms with Gasteiger partial charge in [-0.15, -0.1) is 0 Å². The summed E-state index contributed by atoms with van der Waals surface area (Å²) in [5, 5.41) is 0. The third kappa shape index (κ3) is 5.39. The highest BCUT2D eigenvalue weighted by Crippen LogP contribution is 2.31. The molecule has 1 aliphatic heterocycles. The maximum Gasteiger partial charge on any atom is 0.137 e. The topological polar surface area (TPSA) is 20.3 Å². The normalized spacial score (nSPS) is 32.1. The van der Waals surface area contributed by atoms with Crippen LogP contribution in [0.5, 0.6) is 0 Å². The average Bonchev–Trinajstić information content (AvgIpc) is 2.69. The summed E-state index contributed by atoms with van der Waals surface area (Å²) in [5.41, 5.74) is 0. The molecule has 0 aromatic rings. The lowest BCUT2D eigenvalue weighted by atomic mass is 9.78. The number of Topliss-reactive ketones (excluding diaryl/α,β-unsaturated/α-hetero) is 1. The van der Waals surface area contributed by atoms with Gasteiger partial charge in [0.05, 0.1) is 0 Å². The Morgan fingerprint density at radius 3 is 2.52 bits per heavy atom. The van der Waals surface area contributed by atoms with Crippen molar-refractivity contribution >= 4 is 5.78 Å². The lowest BCUT2D eigenvalue weighted by Gasteiger charge is -2.32. The van der Waals surface area contributed by atoms with Gasteiger partial charge in [0.1, 0.15) is 5.78 Å². The van der Waals surface area contributed by atoms with Crippen LogP contribution in [0.2, 0.25) is 0 Å². The van der Waals surface area contributed by atoms with E-state index in [1.807, 2.05) is 0 Å². The van der Waals surface area contributed by atoms with Crippen LogP contribution in [0.1, 0.15) is 78.1 Å². The number of rotatable bonds is 6. The maximum atomic E-state index is 12.2. The SMILES string of the molecule is CCCC1CCCN(CC2CC(CCC)CCC2=O)CC1. The van der Waals surface area contributed by atoms with E-state index in [0.29, 0.717) is 11.7 Å². The molecule has 3 atom stereocenters. The minimum atomic E-state index is 0.345. The molecule has 1 heterocycles. The molecule has 0 N–H and O–H groups in total. The molecule has 0 amide bonds. The molecule has 0 bridgehead atoms. The van der Waals surface area contributed by atoms with Crippen molar-refractivity contribution in [2.24, 2.45) is 17.8 Å². The third-order valence-electron chi connectivity index (χ3n) is 5.68. The van der Waals surface area contributed by atoms with E-state index in [2.05, 4.69) is 18.7 Å². The number of carbonyl (C=O) groups is 1. The largest absolute Gasteiger partial charge is 0.303 e. The van der Waals surface area contributed by atoms with E-state index < -0.39 is 0 Å². The number of ketones is 1. The van der Waals surface area contributed by atoms with Gasteiger partial charge >= 0.3 is 0 Å². The Hall–Kier alpha value is -0.370. The van der Waals surface area contributed by atoms with E-state index in [1.165, 1.54) is 64.5 Å². The Morgan fingerprint density at radius 1 is 1.00 bits per heavy atom. The quantitative estimate of drug-likeness (QED) is 0.709. The Balaban J connectivity index is 1.80. The van der Waals surface area contributed by atoms with Gasteiger partial charge in [0.2, 0.25) is 0 Å². The van der Waals surface area contributed by atoms with E-state index >= 15 is 0 Å². The van der Waals surface area contributed by atoms with Crippen molar-refractivity contribution in [3.63, 3.8) is 0 Å². The van der Waals surface area contributed by atoms with Crippen molar-refractivity contribution in [2.45, 2.75) is 78.1 Å². The Labute approximate surface area is 131 Å². The van der Waals surface area contributed by atoms with Crippen molar-refractivity contribution < 1.29 is 4.79 Å². The Kier molecular flexibility index (Phi) is 7.22. The zero-order valence-electron chi connectivity index (χ0n) is 14.3. The molecule has 0 spiro atoms. The van der Waals surface area contributed by atoms with Crippen LogP contribution >= 0.6 is 0 Å². The molecule has 2 nitrogen and oxygen atoms in total. The molecule has 0 aromatic carbocycles. The standard InChI is InChI=1S/C19H35NO/c1-3-6-16-8-5-12-20(13-11-16)15-18-14-17(7-4-2)9-10-19(18)21/h16-18H,3-15H2,1-2H3. The van der Waals surface area contributed by atoms with Crippen LogP contribution < -0.4 is 0 Å². The molecule has 21 heavy (non-hydrogen) atoms. The summed E-state index contributed by atoms with van der Waals surface area (Å²) in [6.07, 6.45) is 12.6. The first-order valence-corrected chi connectivity index (χ1v) is 9.48. The van der Waals surface area contributed by atoms with E-state index in [9.17, 15) is 4.79 Å². The van der Waals surface area contributed by atoms with Gasteiger partial charge in [-0.3, -0.25) is 4.79 Å². The predicted molar refractivity (Wildman–Crippen MR) is 89.4 cm³/mol. The second-order valence-corrected chi connectivity index (χ2v) is 7.48. The average molecular weight is 293 g/mol. The third-order valence-corrected chi connectivity index (χ3v) is 5.68. The highest BCUT2D eigenvalue weighted by Gasteiger charge is 2.30. The molecular weight excluding hydrogens is 258 g/mol. The van der Waals surface area contributed by atoms with Gasteiger partial charge in [-0.05, 0) is 57.0 Å². The number of carbonyl (C=O) groups excluding carboxylic acids is 1. The number of likely N-dealkylation sites (tertiary alicyclic amines) is 1. The maximum absolute atomic E-state index is 12.2. The summed E-state index contributed by atoms with van der Waals surface area (Å²) >= 11 is 0. The molecule has 3 unspecified atom stereocenters. The molecule has 2 aliphatic rings. The highest BCUT2D eigenvalue weighted by atomic mass is 16.1. The van der Waals surface area contributed by atoms with Gasteiger partial charge in [0.25, 0.3) is 0 Å². The van der Waals surface area contributed by atoms with Crippen molar-refractivity contribution in [2.75, 3.05) is 19.6 Å². The fraction of sp³-hybridized carbons (Fsp3) is 0.947. The first kappa shape index (κ1) is 17.0. The lowest BCUT2D eigenvalue weighted by Crippen LogP contribution is -2.37. The van der Waals surface area contributed by atoms with Crippen LogP contribution in [0.15, 0.2) is 0 Å². The first-order chi connectivity index (χ1) is 10.2. The predicted octanol–water partition coefficient (Wildman–Crippen LogP) is 4.67. The Bertz CT molecular complexity index is 315. The van der Waals surface area contributed by atoms with Crippen molar-refractivity contribution in [1.82, 2.24) is 4.90 Å². The molecular formula is C19H35NO. The van der Waals surface area contributed by atoms with Crippen molar-refractivity contribution in [1.29, 1.82) is 0 Å². The highest BCUT2D eigenvalue weighted by molar-refractivity contribution is 5.81. The van der Waals surface area contributed by atoms with Crippen molar-refractivity contribution in [3.8, 4) is 0 Å². The Morgan fingerprint density at radius 2 is 1.76 bits per heavy atom. The molecule has 0 aromatic heterocycles. The molecule has 1 saturated heterocycles. The van der Waals surface area contributed by atoms with Crippen LogP contribution in [0.3, 0.4) is 0 Å². The summed E-state index contributed by atoms with van der Waals surface area (Å²) in [7, 11) is 0. The monoisotopic (exact) mass is 293 g/mol. The number of hydrogen-bond donors (Lipinski definition) is 0. The molecule has 122 valence electrons. The van der Waals surface area contributed by atoms with E-state index in [4.69, 9.17) is 0 Å². The van der Waals surface area contributed by atoms with Crippen molar-refractivity contribution in [3.05, 3.63) is 0 Å². The summed E-state index contributed by atoms with van der Waals surface area (Å²) in [5.74, 6) is 2.65. The fourth-order valence-electron chi connectivity index (χ4n) is 4.46. The van der Waals surface area contributed by atoms with Crippen LogP contribution in [-0.2, 0) is 4.79 Å². The van der Waals surface area contributed by atoms with Crippen LogP contribution in [0, 0.1) is 17.8 Å². The molecule has 2 heteroatoms. The van der Waals surface area contributed by atoms with Crippen LogP contribution in [0.25, 0.3) is 0 Å².